The number of benzene rings is 1. The fourth-order valence-electron chi connectivity index (χ4n) is 1.46. The molecule has 5 heteroatoms. The van der Waals surface area contributed by atoms with Gasteiger partial charge in [-0.05, 0) is 41.1 Å². The fourth-order valence-corrected chi connectivity index (χ4v) is 1.78. The second-order valence-electron chi connectivity index (χ2n) is 3.47. The van der Waals surface area contributed by atoms with Crippen LogP contribution >= 0.6 is 15.9 Å². The molecule has 0 aliphatic heterocycles. The molecule has 1 heterocycles. The standard InChI is InChI=1S/C12H7BrF2O2/c1-6-7(2-3-17-6)12(16)8-4-11(15)9(13)5-10(8)14/h2-5H,1H3. The predicted octanol–water partition coefficient (Wildman–Crippen LogP) is 3.86. The average molecular weight is 301 g/mol. The quantitative estimate of drug-likeness (QED) is 0.623. The van der Waals surface area contributed by atoms with Crippen LogP contribution in [0.25, 0.3) is 0 Å². The summed E-state index contributed by atoms with van der Waals surface area (Å²) in [5.41, 5.74) is -0.0826. The van der Waals surface area contributed by atoms with Gasteiger partial charge in [0.15, 0.2) is 5.78 Å². The lowest BCUT2D eigenvalue weighted by molar-refractivity contribution is 0.103. The molecular weight excluding hydrogens is 294 g/mol. The van der Waals surface area contributed by atoms with E-state index in [9.17, 15) is 13.6 Å². The zero-order valence-electron chi connectivity index (χ0n) is 8.76. The zero-order valence-corrected chi connectivity index (χ0v) is 10.3. The number of rotatable bonds is 2. The van der Waals surface area contributed by atoms with Crippen molar-refractivity contribution in [3.05, 3.63) is 57.5 Å². The Bertz CT molecular complexity index is 590. The second kappa shape index (κ2) is 4.41. The van der Waals surface area contributed by atoms with Gasteiger partial charge in [0.05, 0.1) is 21.9 Å². The first-order chi connectivity index (χ1) is 8.00. The smallest absolute Gasteiger partial charge is 0.199 e. The summed E-state index contributed by atoms with van der Waals surface area (Å²) in [5.74, 6) is -1.68. The van der Waals surface area contributed by atoms with Crippen LogP contribution in [-0.4, -0.2) is 5.78 Å². The molecule has 88 valence electrons. The van der Waals surface area contributed by atoms with Crippen LogP contribution in [0.2, 0.25) is 0 Å². The monoisotopic (exact) mass is 300 g/mol. The van der Waals surface area contributed by atoms with Crippen LogP contribution in [0.4, 0.5) is 8.78 Å². The van der Waals surface area contributed by atoms with Crippen LogP contribution in [0.3, 0.4) is 0 Å². The summed E-state index contributed by atoms with van der Waals surface area (Å²) in [4.78, 5) is 11.9. The molecule has 17 heavy (non-hydrogen) atoms. The summed E-state index contributed by atoms with van der Waals surface area (Å²) < 4.78 is 31.8. The summed E-state index contributed by atoms with van der Waals surface area (Å²) in [7, 11) is 0. The molecular formula is C12H7BrF2O2. The predicted molar refractivity (Wildman–Crippen MR) is 60.9 cm³/mol. The lowest BCUT2D eigenvalue weighted by Gasteiger charge is -2.03. The molecule has 0 aliphatic carbocycles. The molecule has 0 N–H and O–H groups in total. The third-order valence-electron chi connectivity index (χ3n) is 2.36. The van der Waals surface area contributed by atoms with Gasteiger partial charge in [-0.15, -0.1) is 0 Å². The molecule has 0 spiro atoms. The lowest BCUT2D eigenvalue weighted by atomic mass is 10.0. The van der Waals surface area contributed by atoms with E-state index in [0.29, 0.717) is 5.76 Å². The lowest BCUT2D eigenvalue weighted by Crippen LogP contribution is -2.05. The van der Waals surface area contributed by atoms with E-state index in [1.165, 1.54) is 12.3 Å². The number of hydrogen-bond donors (Lipinski definition) is 0. The van der Waals surface area contributed by atoms with Crippen LogP contribution in [0.15, 0.2) is 33.4 Å². The van der Waals surface area contributed by atoms with Crippen molar-refractivity contribution >= 4 is 21.7 Å². The van der Waals surface area contributed by atoms with Gasteiger partial charge >= 0.3 is 0 Å². The third kappa shape index (κ3) is 2.15. The number of hydrogen-bond acceptors (Lipinski definition) is 2. The van der Waals surface area contributed by atoms with E-state index < -0.39 is 17.4 Å². The van der Waals surface area contributed by atoms with Gasteiger partial charge in [-0.1, -0.05) is 0 Å². The number of carbonyl (C=O) groups excluding carboxylic acids is 1. The Kier molecular flexibility index (Phi) is 3.11. The zero-order chi connectivity index (χ0) is 12.6. The van der Waals surface area contributed by atoms with Crippen LogP contribution in [0, 0.1) is 18.6 Å². The molecule has 0 saturated heterocycles. The fraction of sp³-hybridized carbons (Fsp3) is 0.0833. The molecule has 0 atom stereocenters. The molecule has 2 rings (SSSR count). The van der Waals surface area contributed by atoms with Gasteiger partial charge in [0, 0.05) is 0 Å². The Balaban J connectivity index is 2.52. The van der Waals surface area contributed by atoms with E-state index in [1.807, 2.05) is 0 Å². The Morgan fingerprint density at radius 3 is 2.53 bits per heavy atom. The van der Waals surface area contributed by atoms with E-state index >= 15 is 0 Å². The normalized spacial score (nSPS) is 10.6. The second-order valence-corrected chi connectivity index (χ2v) is 4.32. The molecule has 0 bridgehead atoms. The number of aryl methyl sites for hydroxylation is 1. The largest absolute Gasteiger partial charge is 0.469 e. The van der Waals surface area contributed by atoms with E-state index in [4.69, 9.17) is 4.42 Å². The van der Waals surface area contributed by atoms with Crippen molar-refractivity contribution in [3.63, 3.8) is 0 Å². The summed E-state index contributed by atoms with van der Waals surface area (Å²) >= 11 is 2.85. The maximum atomic E-state index is 13.6. The van der Waals surface area contributed by atoms with Gasteiger partial charge < -0.3 is 4.42 Å². The first-order valence-electron chi connectivity index (χ1n) is 4.74. The van der Waals surface area contributed by atoms with Crippen LogP contribution < -0.4 is 0 Å². The number of halogens is 3. The minimum absolute atomic E-state index is 0.0181. The first kappa shape index (κ1) is 12.0. The minimum atomic E-state index is -0.774. The molecule has 2 nitrogen and oxygen atoms in total. The van der Waals surface area contributed by atoms with E-state index in [-0.39, 0.29) is 15.6 Å². The summed E-state index contributed by atoms with van der Waals surface area (Å²) in [6, 6.07) is 3.23. The van der Waals surface area contributed by atoms with Gasteiger partial charge in [-0.2, -0.15) is 0 Å². The summed E-state index contributed by atoms with van der Waals surface area (Å²) in [6.45, 7) is 1.58. The highest BCUT2D eigenvalue weighted by Gasteiger charge is 2.19. The van der Waals surface area contributed by atoms with Crippen molar-refractivity contribution in [2.24, 2.45) is 0 Å². The van der Waals surface area contributed by atoms with Gasteiger partial charge in [0.1, 0.15) is 17.4 Å². The first-order valence-corrected chi connectivity index (χ1v) is 5.53. The SMILES string of the molecule is Cc1occc1C(=O)c1cc(F)c(Br)cc1F. The molecule has 1 aromatic heterocycles. The van der Waals surface area contributed by atoms with Crippen molar-refractivity contribution in [2.75, 3.05) is 0 Å². The Hall–Kier alpha value is -1.49. The molecule has 0 fully saturated rings. The highest BCUT2D eigenvalue weighted by Crippen LogP contribution is 2.23. The highest BCUT2D eigenvalue weighted by atomic mass is 79.9. The Morgan fingerprint density at radius 1 is 1.24 bits per heavy atom. The van der Waals surface area contributed by atoms with Gasteiger partial charge in [-0.25, -0.2) is 8.78 Å². The number of furan rings is 1. The molecule has 1 aromatic carbocycles. The Labute approximate surface area is 104 Å². The molecule has 0 amide bonds. The molecule has 0 saturated carbocycles. The topological polar surface area (TPSA) is 30.2 Å². The van der Waals surface area contributed by atoms with Crippen LogP contribution in [0.1, 0.15) is 21.7 Å². The maximum absolute atomic E-state index is 13.6. The van der Waals surface area contributed by atoms with Crippen molar-refractivity contribution in [1.29, 1.82) is 0 Å². The highest BCUT2D eigenvalue weighted by molar-refractivity contribution is 9.10. The van der Waals surface area contributed by atoms with Crippen molar-refractivity contribution in [3.8, 4) is 0 Å². The van der Waals surface area contributed by atoms with Crippen molar-refractivity contribution in [2.45, 2.75) is 6.92 Å². The van der Waals surface area contributed by atoms with Crippen molar-refractivity contribution in [1.82, 2.24) is 0 Å². The molecule has 0 aliphatic rings. The minimum Gasteiger partial charge on any atom is -0.469 e. The molecule has 2 aromatic rings. The number of ketones is 1. The van der Waals surface area contributed by atoms with E-state index in [0.717, 1.165) is 12.1 Å². The maximum Gasteiger partial charge on any atom is 0.199 e. The number of carbonyl (C=O) groups is 1. The van der Waals surface area contributed by atoms with Gasteiger partial charge in [-0.3, -0.25) is 4.79 Å². The molecule has 0 radical (unpaired) electrons. The van der Waals surface area contributed by atoms with Crippen molar-refractivity contribution < 1.29 is 18.0 Å². The summed E-state index contributed by atoms with van der Waals surface area (Å²) in [6.07, 6.45) is 1.33. The Morgan fingerprint density at radius 2 is 1.94 bits per heavy atom. The van der Waals surface area contributed by atoms with Crippen LogP contribution in [-0.2, 0) is 0 Å². The van der Waals surface area contributed by atoms with E-state index in [2.05, 4.69) is 15.9 Å². The average Bonchev–Trinajstić information content (AvgIpc) is 2.69. The van der Waals surface area contributed by atoms with Crippen LogP contribution in [0.5, 0.6) is 0 Å². The molecule has 0 unspecified atom stereocenters. The van der Waals surface area contributed by atoms with Gasteiger partial charge in [0.25, 0.3) is 0 Å². The summed E-state index contributed by atoms with van der Waals surface area (Å²) in [5, 5.41) is 0. The third-order valence-corrected chi connectivity index (χ3v) is 2.97. The van der Waals surface area contributed by atoms with E-state index in [1.54, 1.807) is 6.92 Å². The van der Waals surface area contributed by atoms with Gasteiger partial charge in [0.2, 0.25) is 0 Å².